The normalized spacial score (nSPS) is 44.9. The van der Waals surface area contributed by atoms with Crippen LogP contribution in [0.5, 0.6) is 0 Å². The van der Waals surface area contributed by atoms with Crippen LogP contribution >= 0.6 is 0 Å². The molecule has 4 aliphatic rings. The maximum atomic E-state index is 12.0. The molecule has 1 saturated carbocycles. The first-order chi connectivity index (χ1) is 7.68. The van der Waals surface area contributed by atoms with Gasteiger partial charge in [-0.15, -0.1) is 0 Å². The van der Waals surface area contributed by atoms with E-state index in [1.54, 1.807) is 7.11 Å². The highest BCUT2D eigenvalue weighted by Gasteiger charge is 2.56. The lowest BCUT2D eigenvalue weighted by Crippen LogP contribution is -2.57. The molecule has 4 aliphatic carbocycles. The number of allylic oxidation sites excluding steroid dienone is 3. The lowest BCUT2D eigenvalue weighted by molar-refractivity contribution is -0.150. The number of rotatable bonds is 1. The second-order valence-electron chi connectivity index (χ2n) is 4.86. The predicted molar refractivity (Wildman–Crippen MR) is 57.7 cm³/mol. The van der Waals surface area contributed by atoms with Crippen molar-refractivity contribution in [3.05, 3.63) is 24.3 Å². The molecule has 0 amide bonds. The van der Waals surface area contributed by atoms with Gasteiger partial charge in [-0.05, 0) is 30.9 Å². The molecule has 0 spiro atoms. The van der Waals surface area contributed by atoms with Crippen molar-refractivity contribution in [2.24, 2.45) is 17.8 Å². The second kappa shape index (κ2) is 3.14. The summed E-state index contributed by atoms with van der Waals surface area (Å²) in [5, 5.41) is 0. The molecule has 0 radical (unpaired) electrons. The fourth-order valence-electron chi connectivity index (χ4n) is 3.44. The Morgan fingerprint density at radius 1 is 1.31 bits per heavy atom. The molecule has 0 unspecified atom stereocenters. The van der Waals surface area contributed by atoms with Gasteiger partial charge in [0.2, 0.25) is 0 Å². The maximum absolute atomic E-state index is 12.0. The molecule has 4 rings (SSSR count). The van der Waals surface area contributed by atoms with Crippen LogP contribution in [-0.4, -0.2) is 24.3 Å². The van der Waals surface area contributed by atoms with Gasteiger partial charge in [0, 0.05) is 13.0 Å². The van der Waals surface area contributed by atoms with Gasteiger partial charge in [-0.3, -0.25) is 9.59 Å². The van der Waals surface area contributed by atoms with Crippen LogP contribution in [0, 0.1) is 17.8 Å². The van der Waals surface area contributed by atoms with Crippen LogP contribution in [0.15, 0.2) is 24.3 Å². The van der Waals surface area contributed by atoms with E-state index in [1.165, 1.54) is 12.2 Å². The monoisotopic (exact) mass is 218 g/mol. The molecule has 0 N–H and O–H groups in total. The second-order valence-corrected chi connectivity index (χ2v) is 4.86. The molecule has 0 aromatic heterocycles. The number of ether oxygens (including phenoxy) is 1. The summed E-state index contributed by atoms with van der Waals surface area (Å²) >= 11 is 0. The largest absolute Gasteiger partial charge is 0.373 e. The minimum absolute atomic E-state index is 0.0421. The van der Waals surface area contributed by atoms with E-state index in [1.807, 2.05) is 6.08 Å². The molecule has 0 aromatic carbocycles. The fraction of sp³-hybridized carbons (Fsp3) is 0.538. The zero-order valence-electron chi connectivity index (χ0n) is 9.18. The minimum atomic E-state index is -0.531. The lowest BCUT2D eigenvalue weighted by atomic mass is 9.56. The molecule has 4 atom stereocenters. The molecule has 84 valence electrons. The summed E-state index contributed by atoms with van der Waals surface area (Å²) in [5.41, 5.74) is -0.531. The number of carbonyl (C=O) groups is 2. The Labute approximate surface area is 94.2 Å². The van der Waals surface area contributed by atoms with E-state index in [2.05, 4.69) is 6.08 Å². The van der Waals surface area contributed by atoms with Crippen molar-refractivity contribution in [1.29, 1.82) is 0 Å². The molecule has 3 heteroatoms. The Hall–Kier alpha value is -1.22. The molecule has 3 nitrogen and oxygen atoms in total. The number of hydrogen-bond acceptors (Lipinski definition) is 3. The van der Waals surface area contributed by atoms with E-state index in [9.17, 15) is 9.59 Å². The van der Waals surface area contributed by atoms with E-state index in [0.717, 1.165) is 12.8 Å². The molecule has 1 fully saturated rings. The highest BCUT2D eigenvalue weighted by Crippen LogP contribution is 2.51. The molecule has 0 aromatic rings. The summed E-state index contributed by atoms with van der Waals surface area (Å²) in [6.45, 7) is 0. The first-order valence-electron chi connectivity index (χ1n) is 5.68. The number of carbonyl (C=O) groups excluding carboxylic acids is 2. The van der Waals surface area contributed by atoms with Crippen molar-refractivity contribution in [3.8, 4) is 0 Å². The number of hydrogen-bond donors (Lipinski definition) is 0. The molecular weight excluding hydrogens is 204 g/mol. The van der Waals surface area contributed by atoms with Gasteiger partial charge < -0.3 is 4.74 Å². The van der Waals surface area contributed by atoms with E-state index in [0.29, 0.717) is 0 Å². The zero-order chi connectivity index (χ0) is 11.3. The van der Waals surface area contributed by atoms with E-state index in [4.69, 9.17) is 4.74 Å². The van der Waals surface area contributed by atoms with Gasteiger partial charge in [0.25, 0.3) is 0 Å². The van der Waals surface area contributed by atoms with Crippen molar-refractivity contribution in [2.45, 2.75) is 18.4 Å². The van der Waals surface area contributed by atoms with Gasteiger partial charge in [-0.25, -0.2) is 0 Å². The van der Waals surface area contributed by atoms with Crippen LogP contribution in [0.4, 0.5) is 0 Å². The summed E-state index contributed by atoms with van der Waals surface area (Å²) < 4.78 is 5.56. The van der Waals surface area contributed by atoms with Crippen LogP contribution in [0.1, 0.15) is 12.8 Å². The number of fused-ring (bicyclic) bond motifs is 1. The first-order valence-corrected chi connectivity index (χ1v) is 5.68. The van der Waals surface area contributed by atoms with Crippen molar-refractivity contribution in [2.75, 3.05) is 7.11 Å². The summed E-state index contributed by atoms with van der Waals surface area (Å²) in [5.74, 6) is -0.126. The quantitative estimate of drug-likeness (QED) is 0.623. The Morgan fingerprint density at radius 2 is 2.06 bits per heavy atom. The van der Waals surface area contributed by atoms with Gasteiger partial charge in [-0.2, -0.15) is 0 Å². The van der Waals surface area contributed by atoms with E-state index < -0.39 is 5.60 Å². The molecule has 0 heterocycles. The van der Waals surface area contributed by atoms with Crippen molar-refractivity contribution < 1.29 is 14.3 Å². The van der Waals surface area contributed by atoms with Crippen molar-refractivity contribution >= 4 is 11.6 Å². The average molecular weight is 218 g/mol. The van der Waals surface area contributed by atoms with Gasteiger partial charge in [0.05, 0.1) is 11.5 Å². The third kappa shape index (κ3) is 1.07. The third-order valence-corrected chi connectivity index (χ3v) is 4.27. The number of ketones is 2. The van der Waals surface area contributed by atoms with Gasteiger partial charge in [-0.1, -0.05) is 12.2 Å². The van der Waals surface area contributed by atoms with Crippen LogP contribution < -0.4 is 0 Å². The van der Waals surface area contributed by atoms with Crippen LogP contribution in [0.3, 0.4) is 0 Å². The Balaban J connectivity index is 2.14. The van der Waals surface area contributed by atoms with E-state index in [-0.39, 0.29) is 29.3 Å². The fourth-order valence-corrected chi connectivity index (χ4v) is 3.44. The average Bonchev–Trinajstić information content (AvgIpc) is 2.35. The first kappa shape index (κ1) is 9.97. The highest BCUT2D eigenvalue weighted by atomic mass is 16.5. The Kier molecular flexibility index (Phi) is 1.96. The third-order valence-electron chi connectivity index (χ3n) is 4.27. The van der Waals surface area contributed by atoms with Gasteiger partial charge in [0.1, 0.15) is 0 Å². The standard InChI is InChI=1S/C13H14O3/c1-16-13-6-4-8(5-7-13)11-9(14)2-3-10(15)12(11)13/h2-4,6,8,11-12H,5,7H2,1H3/t8-,11-,12-,13+/m0/s1. The molecular formula is C13H14O3. The van der Waals surface area contributed by atoms with Crippen LogP contribution in [0.25, 0.3) is 0 Å². The molecule has 16 heavy (non-hydrogen) atoms. The van der Waals surface area contributed by atoms with Crippen molar-refractivity contribution in [3.63, 3.8) is 0 Å². The number of methoxy groups -OCH3 is 1. The zero-order valence-corrected chi connectivity index (χ0v) is 9.18. The van der Waals surface area contributed by atoms with Crippen molar-refractivity contribution in [1.82, 2.24) is 0 Å². The maximum Gasteiger partial charge on any atom is 0.162 e. The van der Waals surface area contributed by atoms with E-state index >= 15 is 0 Å². The summed E-state index contributed by atoms with van der Waals surface area (Å²) in [6.07, 6.45) is 8.68. The summed E-state index contributed by atoms with van der Waals surface area (Å²) in [6, 6.07) is 0. The van der Waals surface area contributed by atoms with Gasteiger partial charge >= 0.3 is 0 Å². The van der Waals surface area contributed by atoms with Crippen LogP contribution in [-0.2, 0) is 14.3 Å². The minimum Gasteiger partial charge on any atom is -0.373 e. The molecule has 0 aliphatic heterocycles. The summed E-state index contributed by atoms with van der Waals surface area (Å²) in [7, 11) is 1.63. The Bertz CT molecular complexity index is 421. The van der Waals surface area contributed by atoms with Crippen LogP contribution in [0.2, 0.25) is 0 Å². The topological polar surface area (TPSA) is 43.4 Å². The SMILES string of the molecule is CO[C@]12C=C[C@@H](CC1)[C@H]1C(=O)C=CC(=O)[C@@H]12. The smallest absolute Gasteiger partial charge is 0.162 e. The predicted octanol–water partition coefficient (Wildman–Crippen LogP) is 1.29. The molecule has 2 bridgehead atoms. The summed E-state index contributed by atoms with van der Waals surface area (Å²) in [4.78, 5) is 23.9. The van der Waals surface area contributed by atoms with Gasteiger partial charge in [0.15, 0.2) is 11.6 Å². The highest BCUT2D eigenvalue weighted by molar-refractivity contribution is 6.08. The lowest BCUT2D eigenvalue weighted by Gasteiger charge is -2.51. The Morgan fingerprint density at radius 3 is 2.69 bits per heavy atom. The molecule has 0 saturated heterocycles.